The van der Waals surface area contributed by atoms with Crippen LogP contribution in [0.4, 0.5) is 0 Å². The Labute approximate surface area is 163 Å². The molecule has 27 heavy (non-hydrogen) atoms. The fraction of sp³-hybridized carbons (Fsp3) is 0.810. The highest BCUT2D eigenvalue weighted by Crippen LogP contribution is 2.22. The fourth-order valence-corrected chi connectivity index (χ4v) is 4.60. The maximum absolute atomic E-state index is 13.1. The first kappa shape index (κ1) is 20.3. The van der Waals surface area contributed by atoms with Crippen molar-refractivity contribution in [1.82, 2.24) is 19.7 Å². The summed E-state index contributed by atoms with van der Waals surface area (Å²) in [6.07, 6.45) is 2.31. The summed E-state index contributed by atoms with van der Waals surface area (Å²) >= 11 is 0. The zero-order valence-corrected chi connectivity index (χ0v) is 17.7. The van der Waals surface area contributed by atoms with Crippen LogP contribution in [0.1, 0.15) is 51.0 Å². The third-order valence-corrected chi connectivity index (χ3v) is 6.14. The van der Waals surface area contributed by atoms with Crippen LogP contribution in [-0.4, -0.2) is 70.9 Å². The molecule has 1 amide bonds. The maximum Gasteiger partial charge on any atom is 0.239 e. The van der Waals surface area contributed by atoms with E-state index in [1.807, 2.05) is 13.8 Å². The van der Waals surface area contributed by atoms with Crippen molar-refractivity contribution in [2.75, 3.05) is 39.3 Å². The standard InChI is InChI=1S/C21H36N4O2/c1-15-11-16(2)13-25(12-15)21(26)18(4)24-8-6-7-23(9-10-24)14-20-22-17(3)19(5)27-20/h15-16,18H,6-14H2,1-5H3. The molecule has 6 nitrogen and oxygen atoms in total. The van der Waals surface area contributed by atoms with Crippen molar-refractivity contribution in [1.29, 1.82) is 0 Å². The average Bonchev–Trinajstić information content (AvgIpc) is 2.80. The topological polar surface area (TPSA) is 52.8 Å². The van der Waals surface area contributed by atoms with Crippen molar-refractivity contribution in [2.24, 2.45) is 11.8 Å². The first-order valence-electron chi connectivity index (χ1n) is 10.5. The minimum absolute atomic E-state index is 0.0336. The number of piperidine rings is 1. The molecule has 3 heterocycles. The van der Waals surface area contributed by atoms with Gasteiger partial charge in [-0.15, -0.1) is 0 Å². The van der Waals surface area contributed by atoms with E-state index < -0.39 is 0 Å². The third-order valence-electron chi connectivity index (χ3n) is 6.14. The first-order chi connectivity index (χ1) is 12.8. The van der Waals surface area contributed by atoms with Gasteiger partial charge in [0.2, 0.25) is 11.8 Å². The number of rotatable bonds is 4. The predicted molar refractivity (Wildman–Crippen MR) is 106 cm³/mol. The van der Waals surface area contributed by atoms with E-state index in [-0.39, 0.29) is 6.04 Å². The molecule has 2 aliphatic heterocycles. The molecule has 0 radical (unpaired) electrons. The molecule has 0 aromatic carbocycles. The van der Waals surface area contributed by atoms with E-state index >= 15 is 0 Å². The Morgan fingerprint density at radius 3 is 2.48 bits per heavy atom. The van der Waals surface area contributed by atoms with E-state index in [4.69, 9.17) is 4.42 Å². The molecule has 0 spiro atoms. The van der Waals surface area contributed by atoms with Crippen molar-refractivity contribution < 1.29 is 9.21 Å². The molecule has 3 unspecified atom stereocenters. The molecule has 152 valence electrons. The van der Waals surface area contributed by atoms with Crippen molar-refractivity contribution in [3.05, 3.63) is 17.3 Å². The summed E-state index contributed by atoms with van der Waals surface area (Å²) < 4.78 is 5.74. The van der Waals surface area contributed by atoms with Crippen LogP contribution in [0.5, 0.6) is 0 Å². The Balaban J connectivity index is 1.54. The molecule has 0 aliphatic carbocycles. The average molecular weight is 377 g/mol. The van der Waals surface area contributed by atoms with Gasteiger partial charge in [-0.25, -0.2) is 4.98 Å². The van der Waals surface area contributed by atoms with Gasteiger partial charge in [-0.2, -0.15) is 0 Å². The van der Waals surface area contributed by atoms with E-state index in [0.29, 0.717) is 17.7 Å². The van der Waals surface area contributed by atoms with E-state index in [1.165, 1.54) is 6.42 Å². The molecule has 1 aromatic heterocycles. The lowest BCUT2D eigenvalue weighted by molar-refractivity contribution is -0.139. The van der Waals surface area contributed by atoms with E-state index in [2.05, 4.69) is 40.5 Å². The lowest BCUT2D eigenvalue weighted by Crippen LogP contribution is -2.52. The summed E-state index contributed by atoms with van der Waals surface area (Å²) in [7, 11) is 0. The summed E-state index contributed by atoms with van der Waals surface area (Å²) in [6, 6.07) is -0.0336. The molecular weight excluding hydrogens is 340 g/mol. The highest BCUT2D eigenvalue weighted by molar-refractivity contribution is 5.81. The quantitative estimate of drug-likeness (QED) is 0.809. The second-order valence-electron chi connectivity index (χ2n) is 8.78. The van der Waals surface area contributed by atoms with Crippen LogP contribution in [0.3, 0.4) is 0 Å². The third kappa shape index (κ3) is 5.11. The van der Waals surface area contributed by atoms with Gasteiger partial charge in [0.05, 0.1) is 18.3 Å². The van der Waals surface area contributed by atoms with Crippen LogP contribution in [0.15, 0.2) is 4.42 Å². The largest absolute Gasteiger partial charge is 0.444 e. The van der Waals surface area contributed by atoms with Gasteiger partial charge >= 0.3 is 0 Å². The number of hydrogen-bond donors (Lipinski definition) is 0. The Kier molecular flexibility index (Phi) is 6.58. The normalized spacial score (nSPS) is 26.8. The first-order valence-corrected chi connectivity index (χ1v) is 10.5. The number of nitrogens with zero attached hydrogens (tertiary/aromatic N) is 4. The van der Waals surface area contributed by atoms with Crippen LogP contribution in [0.2, 0.25) is 0 Å². The Bertz CT molecular complexity index is 615. The number of aromatic nitrogens is 1. The molecule has 1 aromatic rings. The zero-order chi connectivity index (χ0) is 19.6. The van der Waals surface area contributed by atoms with E-state index in [0.717, 1.165) is 69.6 Å². The molecule has 2 aliphatic rings. The number of likely N-dealkylation sites (tertiary alicyclic amines) is 1. The van der Waals surface area contributed by atoms with Crippen LogP contribution in [-0.2, 0) is 11.3 Å². The molecule has 6 heteroatoms. The maximum atomic E-state index is 13.1. The Morgan fingerprint density at radius 1 is 1.15 bits per heavy atom. The minimum atomic E-state index is -0.0336. The van der Waals surface area contributed by atoms with Gasteiger partial charge in [0.25, 0.3) is 0 Å². The molecule has 0 bridgehead atoms. The minimum Gasteiger partial charge on any atom is -0.444 e. The highest BCUT2D eigenvalue weighted by atomic mass is 16.4. The number of carbonyl (C=O) groups excluding carboxylic acids is 1. The van der Waals surface area contributed by atoms with E-state index in [1.54, 1.807) is 0 Å². The lowest BCUT2D eigenvalue weighted by atomic mass is 9.91. The molecule has 3 atom stereocenters. The second-order valence-corrected chi connectivity index (χ2v) is 8.78. The Morgan fingerprint density at radius 2 is 1.85 bits per heavy atom. The monoisotopic (exact) mass is 376 g/mol. The van der Waals surface area contributed by atoms with Gasteiger partial charge in [-0.05, 0) is 52.0 Å². The van der Waals surface area contributed by atoms with Crippen LogP contribution in [0.25, 0.3) is 0 Å². The van der Waals surface area contributed by atoms with E-state index in [9.17, 15) is 4.79 Å². The number of oxazole rings is 1. The van der Waals surface area contributed by atoms with Gasteiger partial charge in [0.15, 0.2) is 0 Å². The SMILES string of the molecule is Cc1nc(CN2CCCN(C(C)C(=O)N3CC(C)CC(C)C3)CC2)oc1C. The molecule has 2 saturated heterocycles. The van der Waals surface area contributed by atoms with Crippen LogP contribution in [0, 0.1) is 25.7 Å². The molecule has 3 rings (SSSR count). The Hall–Kier alpha value is -1.40. The smallest absolute Gasteiger partial charge is 0.239 e. The van der Waals surface area contributed by atoms with Crippen molar-refractivity contribution >= 4 is 5.91 Å². The number of amides is 1. The molecule has 2 fully saturated rings. The fourth-order valence-electron chi connectivity index (χ4n) is 4.60. The summed E-state index contributed by atoms with van der Waals surface area (Å²) in [4.78, 5) is 24.4. The van der Waals surface area contributed by atoms with Gasteiger partial charge in [0.1, 0.15) is 5.76 Å². The predicted octanol–water partition coefficient (Wildman–Crippen LogP) is 2.69. The van der Waals surface area contributed by atoms with Gasteiger partial charge in [-0.3, -0.25) is 14.6 Å². The number of hydrogen-bond acceptors (Lipinski definition) is 5. The number of aryl methyl sites for hydroxylation is 2. The van der Waals surface area contributed by atoms with Crippen molar-refractivity contribution in [3.63, 3.8) is 0 Å². The van der Waals surface area contributed by atoms with Crippen LogP contribution < -0.4 is 0 Å². The summed E-state index contributed by atoms with van der Waals surface area (Å²) in [5.41, 5.74) is 0.977. The zero-order valence-electron chi connectivity index (χ0n) is 17.7. The summed E-state index contributed by atoms with van der Waals surface area (Å²) in [5, 5.41) is 0. The van der Waals surface area contributed by atoms with Crippen molar-refractivity contribution in [2.45, 2.75) is 60.0 Å². The van der Waals surface area contributed by atoms with Gasteiger partial charge in [0, 0.05) is 32.7 Å². The second kappa shape index (κ2) is 8.74. The highest BCUT2D eigenvalue weighted by Gasteiger charge is 2.31. The van der Waals surface area contributed by atoms with Gasteiger partial charge in [-0.1, -0.05) is 13.8 Å². The van der Waals surface area contributed by atoms with Gasteiger partial charge < -0.3 is 9.32 Å². The summed E-state index contributed by atoms with van der Waals surface area (Å²) in [5.74, 6) is 3.24. The van der Waals surface area contributed by atoms with Crippen LogP contribution >= 0.6 is 0 Å². The molecule has 0 saturated carbocycles. The lowest BCUT2D eigenvalue weighted by Gasteiger charge is -2.38. The molecule has 0 N–H and O–H groups in total. The van der Waals surface area contributed by atoms with Crippen molar-refractivity contribution in [3.8, 4) is 0 Å². The molecular formula is C21H36N4O2. The summed E-state index contributed by atoms with van der Waals surface area (Å²) in [6.45, 7) is 17.0. The number of carbonyl (C=O) groups is 1.